The quantitative estimate of drug-likeness (QED) is 0.589. The zero-order valence-electron chi connectivity index (χ0n) is 12.5. The van der Waals surface area contributed by atoms with Crippen molar-refractivity contribution in [3.63, 3.8) is 0 Å². The van der Waals surface area contributed by atoms with Crippen LogP contribution in [0, 0.1) is 11.3 Å². The van der Waals surface area contributed by atoms with Crippen molar-refractivity contribution in [3.05, 3.63) is 76.0 Å². The molecule has 24 heavy (non-hydrogen) atoms. The van der Waals surface area contributed by atoms with Gasteiger partial charge in [0.15, 0.2) is 5.43 Å². The zero-order chi connectivity index (χ0) is 16.9. The Bertz CT molecular complexity index is 1010. The molecule has 3 rings (SSSR count). The predicted molar refractivity (Wildman–Crippen MR) is 86.6 cm³/mol. The molecule has 0 radical (unpaired) electrons. The topological polar surface area (TPSA) is 96.2 Å². The Labute approximate surface area is 136 Å². The first-order chi connectivity index (χ1) is 11.7. The number of hydrogen-bond acceptors (Lipinski definition) is 5. The SMILES string of the molecule is N#CC(=Cc1coc2ccccc2c1=O)C(=O)NCc1ccco1. The van der Waals surface area contributed by atoms with E-state index < -0.39 is 5.91 Å². The van der Waals surface area contributed by atoms with Crippen molar-refractivity contribution in [2.45, 2.75) is 6.54 Å². The van der Waals surface area contributed by atoms with Crippen LogP contribution in [0.2, 0.25) is 0 Å². The van der Waals surface area contributed by atoms with Crippen LogP contribution in [0.3, 0.4) is 0 Å². The average molecular weight is 320 g/mol. The van der Waals surface area contributed by atoms with Gasteiger partial charge in [0.1, 0.15) is 29.2 Å². The third-order valence-electron chi connectivity index (χ3n) is 3.37. The third-order valence-corrected chi connectivity index (χ3v) is 3.37. The number of rotatable bonds is 4. The van der Waals surface area contributed by atoms with Crippen molar-refractivity contribution >= 4 is 23.0 Å². The van der Waals surface area contributed by atoms with Gasteiger partial charge in [-0.15, -0.1) is 0 Å². The maximum absolute atomic E-state index is 12.4. The van der Waals surface area contributed by atoms with Crippen LogP contribution in [0.1, 0.15) is 11.3 Å². The molecule has 0 bridgehead atoms. The van der Waals surface area contributed by atoms with E-state index in [1.54, 1.807) is 42.5 Å². The van der Waals surface area contributed by atoms with Crippen LogP contribution in [0.25, 0.3) is 17.0 Å². The summed E-state index contributed by atoms with van der Waals surface area (Å²) in [6, 6.07) is 12.0. The van der Waals surface area contributed by atoms with E-state index in [4.69, 9.17) is 8.83 Å². The number of para-hydroxylation sites is 1. The number of fused-ring (bicyclic) bond motifs is 1. The van der Waals surface area contributed by atoms with Crippen LogP contribution in [0.5, 0.6) is 0 Å². The fourth-order valence-corrected chi connectivity index (χ4v) is 2.17. The smallest absolute Gasteiger partial charge is 0.262 e. The minimum absolute atomic E-state index is 0.137. The summed E-state index contributed by atoms with van der Waals surface area (Å²) in [7, 11) is 0. The van der Waals surface area contributed by atoms with Crippen LogP contribution in [-0.4, -0.2) is 5.91 Å². The first-order valence-corrected chi connectivity index (χ1v) is 7.12. The molecular weight excluding hydrogens is 308 g/mol. The van der Waals surface area contributed by atoms with Crippen LogP contribution in [0.4, 0.5) is 0 Å². The van der Waals surface area contributed by atoms with Gasteiger partial charge < -0.3 is 14.2 Å². The molecule has 0 fully saturated rings. The molecule has 0 aliphatic heterocycles. The van der Waals surface area contributed by atoms with E-state index in [-0.39, 0.29) is 23.1 Å². The van der Waals surface area contributed by atoms with Crippen LogP contribution in [-0.2, 0) is 11.3 Å². The number of carbonyl (C=O) groups excluding carboxylic acids is 1. The van der Waals surface area contributed by atoms with E-state index in [2.05, 4.69) is 5.32 Å². The molecule has 0 saturated carbocycles. The van der Waals surface area contributed by atoms with Gasteiger partial charge in [0.25, 0.3) is 5.91 Å². The summed E-state index contributed by atoms with van der Waals surface area (Å²) in [4.78, 5) is 24.5. The summed E-state index contributed by atoms with van der Waals surface area (Å²) in [5.41, 5.74) is 0.0893. The molecule has 0 aliphatic carbocycles. The van der Waals surface area contributed by atoms with Crippen LogP contribution in [0.15, 0.2) is 68.1 Å². The molecule has 0 spiro atoms. The fraction of sp³-hybridized carbons (Fsp3) is 0.0556. The molecular formula is C18H12N2O4. The van der Waals surface area contributed by atoms with Gasteiger partial charge >= 0.3 is 0 Å². The molecule has 1 amide bonds. The minimum atomic E-state index is -0.596. The summed E-state index contributed by atoms with van der Waals surface area (Å²) in [5, 5.41) is 12.1. The second-order valence-corrected chi connectivity index (χ2v) is 4.95. The van der Waals surface area contributed by atoms with E-state index >= 15 is 0 Å². The normalized spacial score (nSPS) is 11.2. The second kappa shape index (κ2) is 6.67. The number of benzene rings is 1. The van der Waals surface area contributed by atoms with Crippen molar-refractivity contribution in [2.75, 3.05) is 0 Å². The highest BCUT2D eigenvalue weighted by molar-refractivity contribution is 6.01. The van der Waals surface area contributed by atoms with E-state index in [0.717, 1.165) is 0 Å². The fourth-order valence-electron chi connectivity index (χ4n) is 2.17. The van der Waals surface area contributed by atoms with Crippen molar-refractivity contribution < 1.29 is 13.6 Å². The summed E-state index contributed by atoms with van der Waals surface area (Å²) in [6.45, 7) is 0.150. The van der Waals surface area contributed by atoms with Gasteiger partial charge in [-0.1, -0.05) is 12.1 Å². The number of nitrogens with one attached hydrogen (secondary N) is 1. The molecule has 2 heterocycles. The molecule has 0 saturated heterocycles. The molecule has 0 atom stereocenters. The van der Waals surface area contributed by atoms with Gasteiger partial charge in [0.05, 0.1) is 23.8 Å². The molecule has 6 nitrogen and oxygen atoms in total. The molecule has 6 heteroatoms. The highest BCUT2D eigenvalue weighted by atomic mass is 16.3. The average Bonchev–Trinajstić information content (AvgIpc) is 3.13. The maximum Gasteiger partial charge on any atom is 0.262 e. The number of amides is 1. The Kier molecular flexibility index (Phi) is 4.25. The molecule has 1 N–H and O–H groups in total. The Hall–Kier alpha value is -3.59. The highest BCUT2D eigenvalue weighted by Crippen LogP contribution is 2.12. The lowest BCUT2D eigenvalue weighted by molar-refractivity contribution is -0.117. The Balaban J connectivity index is 1.87. The maximum atomic E-state index is 12.4. The molecule has 0 aliphatic rings. The lowest BCUT2D eigenvalue weighted by Gasteiger charge is -2.02. The first-order valence-electron chi connectivity index (χ1n) is 7.12. The molecule has 0 unspecified atom stereocenters. The van der Waals surface area contributed by atoms with E-state index in [0.29, 0.717) is 16.7 Å². The zero-order valence-corrected chi connectivity index (χ0v) is 12.5. The minimum Gasteiger partial charge on any atom is -0.467 e. The Morgan fingerprint density at radius 3 is 2.79 bits per heavy atom. The molecule has 1 aromatic carbocycles. The van der Waals surface area contributed by atoms with Crippen molar-refractivity contribution in [1.82, 2.24) is 5.32 Å². The number of carbonyl (C=O) groups is 1. The summed E-state index contributed by atoms with van der Waals surface area (Å²) < 4.78 is 10.5. The summed E-state index contributed by atoms with van der Waals surface area (Å²) in [5.74, 6) is -0.0349. The van der Waals surface area contributed by atoms with Gasteiger partial charge in [0.2, 0.25) is 0 Å². The van der Waals surface area contributed by atoms with Crippen molar-refractivity contribution in [2.24, 2.45) is 0 Å². The van der Waals surface area contributed by atoms with Crippen molar-refractivity contribution in [1.29, 1.82) is 5.26 Å². The van der Waals surface area contributed by atoms with Gasteiger partial charge in [-0.2, -0.15) is 5.26 Å². The highest BCUT2D eigenvalue weighted by Gasteiger charge is 2.12. The van der Waals surface area contributed by atoms with Crippen molar-refractivity contribution in [3.8, 4) is 6.07 Å². The summed E-state index contributed by atoms with van der Waals surface area (Å²) in [6.07, 6.45) is 3.94. The van der Waals surface area contributed by atoms with E-state index in [9.17, 15) is 14.9 Å². The predicted octanol–water partition coefficient (Wildman–Crippen LogP) is 2.61. The lowest BCUT2D eigenvalue weighted by atomic mass is 10.1. The molecule has 2 aromatic heterocycles. The number of nitrogens with zero attached hydrogens (tertiary/aromatic N) is 1. The van der Waals surface area contributed by atoms with Gasteiger partial charge in [-0.05, 0) is 30.3 Å². The molecule has 118 valence electrons. The first kappa shape index (κ1) is 15.3. The standard InChI is InChI=1S/C18H12N2O4/c19-9-12(18(22)20-10-14-4-3-7-23-14)8-13-11-24-16-6-2-1-5-15(16)17(13)21/h1-8,11H,10H2,(H,20,22). The van der Waals surface area contributed by atoms with Gasteiger partial charge in [-0.3, -0.25) is 9.59 Å². The Morgan fingerprint density at radius 2 is 2.04 bits per heavy atom. The summed E-state index contributed by atoms with van der Waals surface area (Å²) >= 11 is 0. The van der Waals surface area contributed by atoms with E-state index in [1.807, 2.05) is 0 Å². The molecule has 3 aromatic rings. The van der Waals surface area contributed by atoms with Gasteiger partial charge in [0, 0.05) is 0 Å². The number of nitriles is 1. The second-order valence-electron chi connectivity index (χ2n) is 4.95. The van der Waals surface area contributed by atoms with E-state index in [1.165, 1.54) is 18.6 Å². The number of furan rings is 1. The van der Waals surface area contributed by atoms with Crippen LogP contribution < -0.4 is 10.7 Å². The van der Waals surface area contributed by atoms with Gasteiger partial charge in [-0.25, -0.2) is 0 Å². The lowest BCUT2D eigenvalue weighted by Crippen LogP contribution is -2.24. The Morgan fingerprint density at radius 1 is 1.21 bits per heavy atom. The number of hydrogen-bond donors (Lipinski definition) is 1. The monoisotopic (exact) mass is 320 g/mol. The van der Waals surface area contributed by atoms with Crippen LogP contribution >= 0.6 is 0 Å². The third kappa shape index (κ3) is 3.10. The largest absolute Gasteiger partial charge is 0.467 e.